The van der Waals surface area contributed by atoms with Crippen molar-refractivity contribution in [3.63, 3.8) is 0 Å². The molecule has 0 saturated heterocycles. The van der Waals surface area contributed by atoms with Crippen molar-refractivity contribution >= 4 is 53.0 Å². The van der Waals surface area contributed by atoms with Crippen LogP contribution in [0.3, 0.4) is 0 Å². The van der Waals surface area contributed by atoms with Crippen LogP contribution in [0.25, 0.3) is 21.3 Å². The number of hydrogen-bond donors (Lipinski definition) is 1. The highest BCUT2D eigenvalue weighted by Gasteiger charge is 2.17. The topological polar surface area (TPSA) is 58.9 Å². The summed E-state index contributed by atoms with van der Waals surface area (Å²) in [4.78, 5) is 5.56. The molecule has 9 heteroatoms. The number of halogens is 2. The van der Waals surface area contributed by atoms with E-state index in [1.807, 2.05) is 37.3 Å². The third-order valence-electron chi connectivity index (χ3n) is 3.97. The van der Waals surface area contributed by atoms with E-state index in [1.165, 1.54) is 11.3 Å². The minimum absolute atomic E-state index is 0.364. The number of hydrogen-bond acceptors (Lipinski definition) is 5. The van der Waals surface area contributed by atoms with E-state index < -0.39 is 0 Å². The van der Waals surface area contributed by atoms with Crippen molar-refractivity contribution in [2.45, 2.75) is 6.92 Å². The van der Waals surface area contributed by atoms with Crippen molar-refractivity contribution in [2.24, 2.45) is 5.10 Å². The van der Waals surface area contributed by atoms with E-state index in [0.717, 1.165) is 21.1 Å². The molecule has 0 bridgehead atoms. The van der Waals surface area contributed by atoms with Gasteiger partial charge in [0, 0.05) is 11.1 Å². The molecule has 5 nitrogen and oxygen atoms in total. The summed E-state index contributed by atoms with van der Waals surface area (Å²) >= 11 is 19.3. The first-order valence-electron chi connectivity index (χ1n) is 8.23. The summed E-state index contributed by atoms with van der Waals surface area (Å²) in [5, 5.41) is 13.5. The molecule has 2 heterocycles. The van der Waals surface area contributed by atoms with Gasteiger partial charge in [-0.15, -0.1) is 11.3 Å². The van der Waals surface area contributed by atoms with Gasteiger partial charge in [-0.25, -0.2) is 10.1 Å². The Hall–Kier alpha value is -2.32. The lowest BCUT2D eigenvalue weighted by atomic mass is 10.2. The average molecular weight is 446 g/mol. The molecule has 2 aromatic carbocycles. The number of nitrogens with zero attached hydrogens (tertiary/aromatic N) is 4. The van der Waals surface area contributed by atoms with E-state index in [-0.39, 0.29) is 0 Å². The number of nitrogens with one attached hydrogen (secondary N) is 1. The molecule has 0 aliphatic carbocycles. The predicted octanol–water partition coefficient (Wildman–Crippen LogP) is 6.23. The van der Waals surface area contributed by atoms with Crippen LogP contribution in [0.1, 0.15) is 11.3 Å². The average Bonchev–Trinajstić information content (AvgIpc) is 3.25. The number of aryl methyl sites for hydroxylation is 1. The normalized spacial score (nSPS) is 11.4. The summed E-state index contributed by atoms with van der Waals surface area (Å²) in [7, 11) is 0. The van der Waals surface area contributed by atoms with Crippen LogP contribution in [-0.4, -0.2) is 26.1 Å². The van der Waals surface area contributed by atoms with Gasteiger partial charge in [0.15, 0.2) is 5.82 Å². The second-order valence-electron chi connectivity index (χ2n) is 5.84. The van der Waals surface area contributed by atoms with Crippen LogP contribution in [0, 0.1) is 11.7 Å². The van der Waals surface area contributed by atoms with Crippen molar-refractivity contribution < 1.29 is 0 Å². The molecule has 0 fully saturated rings. The lowest BCUT2D eigenvalue weighted by molar-refractivity contribution is 0.872. The molecule has 0 radical (unpaired) electrons. The van der Waals surface area contributed by atoms with Gasteiger partial charge in [-0.2, -0.15) is 14.9 Å². The quantitative estimate of drug-likeness (QED) is 0.299. The maximum Gasteiger partial charge on any atom is 0.216 e. The van der Waals surface area contributed by atoms with Crippen molar-refractivity contribution in [1.29, 1.82) is 0 Å². The van der Waals surface area contributed by atoms with Gasteiger partial charge in [0.25, 0.3) is 0 Å². The number of aromatic amines is 1. The maximum atomic E-state index is 6.22. The van der Waals surface area contributed by atoms with Crippen LogP contribution in [0.2, 0.25) is 10.0 Å². The SMILES string of the molecule is Cc1nc(-c2ccccc2)sc1-c1n[nH]c(=S)n1/N=C/c1c(Cl)cccc1Cl. The smallest absolute Gasteiger partial charge is 0.216 e. The maximum absolute atomic E-state index is 6.22. The van der Waals surface area contributed by atoms with Crippen molar-refractivity contribution in [1.82, 2.24) is 19.9 Å². The van der Waals surface area contributed by atoms with Crippen LogP contribution in [0.5, 0.6) is 0 Å². The lowest BCUT2D eigenvalue weighted by Gasteiger charge is -2.02. The molecule has 0 spiro atoms. The third kappa shape index (κ3) is 3.66. The Morgan fingerprint density at radius 3 is 2.54 bits per heavy atom. The van der Waals surface area contributed by atoms with Gasteiger partial charge >= 0.3 is 0 Å². The second kappa shape index (κ2) is 7.97. The summed E-state index contributed by atoms with van der Waals surface area (Å²) in [6, 6.07) is 15.3. The molecule has 140 valence electrons. The minimum Gasteiger partial charge on any atom is -0.250 e. The largest absolute Gasteiger partial charge is 0.250 e. The van der Waals surface area contributed by atoms with Crippen molar-refractivity contribution in [3.05, 3.63) is 74.6 Å². The number of benzene rings is 2. The molecule has 1 N–H and O–H groups in total. The van der Waals surface area contributed by atoms with Gasteiger partial charge in [-0.3, -0.25) is 0 Å². The van der Waals surface area contributed by atoms with E-state index in [4.69, 9.17) is 35.4 Å². The monoisotopic (exact) mass is 445 g/mol. The molecule has 0 amide bonds. The Labute approximate surface area is 180 Å². The van der Waals surface area contributed by atoms with Crippen molar-refractivity contribution in [2.75, 3.05) is 0 Å². The molecule has 0 saturated carbocycles. The Bertz CT molecular complexity index is 1200. The summed E-state index contributed by atoms with van der Waals surface area (Å²) < 4.78 is 1.91. The van der Waals surface area contributed by atoms with Gasteiger partial charge in [0.1, 0.15) is 5.01 Å². The van der Waals surface area contributed by atoms with Gasteiger partial charge in [0.2, 0.25) is 4.77 Å². The molecular weight excluding hydrogens is 433 g/mol. The predicted molar refractivity (Wildman–Crippen MR) is 118 cm³/mol. The highest BCUT2D eigenvalue weighted by Crippen LogP contribution is 2.34. The number of thiazole rings is 1. The summed E-state index contributed by atoms with van der Waals surface area (Å²) in [5.41, 5.74) is 2.52. The number of rotatable bonds is 4. The molecule has 0 aliphatic rings. The first-order valence-corrected chi connectivity index (χ1v) is 10.2. The summed E-state index contributed by atoms with van der Waals surface area (Å²) in [6.07, 6.45) is 1.58. The van der Waals surface area contributed by atoms with E-state index in [0.29, 0.717) is 26.2 Å². The van der Waals surface area contributed by atoms with Gasteiger partial charge in [-0.1, -0.05) is 59.6 Å². The lowest BCUT2D eigenvalue weighted by Crippen LogP contribution is -1.95. The molecule has 4 rings (SSSR count). The Kier molecular flexibility index (Phi) is 5.41. The van der Waals surface area contributed by atoms with Gasteiger partial charge in [-0.05, 0) is 31.3 Å². The first kappa shape index (κ1) is 19.0. The molecular formula is C19H13Cl2N5S2. The van der Waals surface area contributed by atoms with Crippen LogP contribution in [0.4, 0.5) is 0 Å². The molecule has 0 aliphatic heterocycles. The molecule has 4 aromatic rings. The Balaban J connectivity index is 1.77. The molecule has 0 atom stereocenters. The number of aromatic nitrogens is 4. The van der Waals surface area contributed by atoms with Crippen LogP contribution >= 0.6 is 46.8 Å². The minimum atomic E-state index is 0.364. The standard InChI is InChI=1S/C19H13Cl2N5S2/c1-11-16(28-18(23-11)12-6-3-2-4-7-12)17-24-25-19(27)26(17)22-10-13-14(20)8-5-9-15(13)21/h2-10H,1H3,(H,25,27)/b22-10+. The van der Waals surface area contributed by atoms with E-state index in [2.05, 4.69) is 20.3 Å². The highest BCUT2D eigenvalue weighted by molar-refractivity contribution is 7.71. The fourth-order valence-electron chi connectivity index (χ4n) is 2.60. The third-order valence-corrected chi connectivity index (χ3v) is 6.10. The van der Waals surface area contributed by atoms with Crippen molar-refractivity contribution in [3.8, 4) is 21.3 Å². The van der Waals surface area contributed by atoms with E-state index in [1.54, 1.807) is 29.1 Å². The van der Waals surface area contributed by atoms with E-state index >= 15 is 0 Å². The fraction of sp³-hybridized carbons (Fsp3) is 0.0526. The highest BCUT2D eigenvalue weighted by atomic mass is 35.5. The zero-order chi connectivity index (χ0) is 19.7. The van der Waals surface area contributed by atoms with Crippen LogP contribution in [-0.2, 0) is 0 Å². The molecule has 28 heavy (non-hydrogen) atoms. The van der Waals surface area contributed by atoms with Gasteiger partial charge < -0.3 is 0 Å². The van der Waals surface area contributed by atoms with Crippen LogP contribution in [0.15, 0.2) is 53.6 Å². The zero-order valence-electron chi connectivity index (χ0n) is 14.6. The van der Waals surface area contributed by atoms with Gasteiger partial charge in [0.05, 0.1) is 26.8 Å². The van der Waals surface area contributed by atoms with Crippen LogP contribution < -0.4 is 0 Å². The zero-order valence-corrected chi connectivity index (χ0v) is 17.7. The Morgan fingerprint density at radius 2 is 1.82 bits per heavy atom. The fourth-order valence-corrected chi connectivity index (χ4v) is 4.32. The molecule has 2 aromatic heterocycles. The van der Waals surface area contributed by atoms with E-state index in [9.17, 15) is 0 Å². The summed E-state index contributed by atoms with van der Waals surface area (Å²) in [6.45, 7) is 1.94. The first-order chi connectivity index (χ1) is 13.5. The molecule has 0 unspecified atom stereocenters. The summed E-state index contributed by atoms with van der Waals surface area (Å²) in [5.74, 6) is 0.585. The number of H-pyrrole nitrogens is 1. The Morgan fingerprint density at radius 1 is 1.11 bits per heavy atom. The second-order valence-corrected chi connectivity index (χ2v) is 8.04.